The highest BCUT2D eigenvalue weighted by molar-refractivity contribution is 7.91. The Morgan fingerprint density at radius 3 is 2.42 bits per heavy atom. The third-order valence-corrected chi connectivity index (χ3v) is 8.20. The lowest BCUT2D eigenvalue weighted by Gasteiger charge is -2.38. The van der Waals surface area contributed by atoms with Crippen LogP contribution in [0.3, 0.4) is 0 Å². The molecule has 1 saturated heterocycles. The summed E-state index contributed by atoms with van der Waals surface area (Å²) in [4.78, 5) is 2.53. The molecule has 1 aliphatic heterocycles. The smallest absolute Gasteiger partial charge is 0.247 e. The van der Waals surface area contributed by atoms with E-state index < -0.39 is 10.0 Å². The van der Waals surface area contributed by atoms with Crippen LogP contribution in [0.4, 0.5) is 5.69 Å². The summed E-state index contributed by atoms with van der Waals surface area (Å²) in [5, 5.41) is 8.74. The van der Waals surface area contributed by atoms with Crippen molar-refractivity contribution in [1.29, 1.82) is 0 Å². The molecule has 1 aliphatic carbocycles. The van der Waals surface area contributed by atoms with Crippen LogP contribution in [0.25, 0.3) is 0 Å². The first-order valence-corrected chi connectivity index (χ1v) is 11.5. The van der Waals surface area contributed by atoms with E-state index in [1.54, 1.807) is 6.07 Å². The Balaban J connectivity index is 1.45. The second-order valence-corrected chi connectivity index (χ2v) is 10.7. The molecular weight excluding hydrogens is 390 g/mol. The lowest BCUT2D eigenvalue weighted by atomic mass is 9.91. The lowest BCUT2D eigenvalue weighted by molar-refractivity contribution is 0.148. The number of primary sulfonamides is 1. The fraction of sp³-hybridized carbons (Fsp3) is 0.444. The molecule has 1 aromatic carbocycles. The van der Waals surface area contributed by atoms with Crippen LogP contribution in [-0.2, 0) is 16.6 Å². The molecule has 5 nitrogen and oxygen atoms in total. The minimum atomic E-state index is -3.71. The molecule has 2 heterocycles. The van der Waals surface area contributed by atoms with Crippen molar-refractivity contribution in [3.63, 3.8) is 0 Å². The van der Waals surface area contributed by atoms with E-state index in [0.29, 0.717) is 27.9 Å². The zero-order chi connectivity index (χ0) is 18.3. The van der Waals surface area contributed by atoms with E-state index in [1.165, 1.54) is 18.4 Å². The minimum absolute atomic E-state index is 0.110. The summed E-state index contributed by atoms with van der Waals surface area (Å²) in [5.41, 5.74) is 2.04. The number of fused-ring (bicyclic) bond motifs is 2. The standard InChI is InChI=1S/C18H22ClN3O2S2/c19-18-15(8-16(25-18)26(20,23)24)21-17-13-6-7-14(17)11-22(10-13)9-12-4-2-1-3-5-12/h1-5,8,13-14,17,21H,6-7,9-11H2,(H2,20,23,24)/t13-,14+,17+. The number of halogens is 1. The van der Waals surface area contributed by atoms with Gasteiger partial charge in [-0.15, -0.1) is 11.3 Å². The average Bonchev–Trinajstić information content (AvgIpc) is 3.06. The largest absolute Gasteiger partial charge is 0.380 e. The topological polar surface area (TPSA) is 75.4 Å². The van der Waals surface area contributed by atoms with E-state index in [0.717, 1.165) is 31.0 Å². The summed E-state index contributed by atoms with van der Waals surface area (Å²) in [6.45, 7) is 3.08. The van der Waals surface area contributed by atoms with Gasteiger partial charge in [-0.25, -0.2) is 13.6 Å². The molecule has 1 saturated carbocycles. The number of benzene rings is 1. The van der Waals surface area contributed by atoms with Gasteiger partial charge in [-0.05, 0) is 36.3 Å². The van der Waals surface area contributed by atoms with Gasteiger partial charge in [-0.2, -0.15) is 0 Å². The molecule has 0 radical (unpaired) electrons. The van der Waals surface area contributed by atoms with E-state index in [4.69, 9.17) is 16.7 Å². The number of nitrogens with one attached hydrogen (secondary N) is 1. The number of nitrogens with two attached hydrogens (primary N) is 1. The van der Waals surface area contributed by atoms with Gasteiger partial charge in [0.2, 0.25) is 10.0 Å². The molecule has 1 aromatic heterocycles. The number of piperidine rings is 1. The number of anilines is 1. The Kier molecular flexibility index (Phi) is 5.00. The molecule has 3 atom stereocenters. The molecule has 2 bridgehead atoms. The van der Waals surface area contributed by atoms with Gasteiger partial charge in [0.05, 0.1) is 5.69 Å². The second-order valence-electron chi connectivity index (χ2n) is 7.25. The molecule has 2 fully saturated rings. The summed E-state index contributed by atoms with van der Waals surface area (Å²) in [6, 6.07) is 12.5. The number of rotatable bonds is 5. The van der Waals surface area contributed by atoms with Crippen molar-refractivity contribution in [1.82, 2.24) is 4.90 Å². The SMILES string of the molecule is NS(=O)(=O)c1cc(N[C@H]2[C@@H]3CC[C@H]2CN(Cc2ccccc2)C3)c(Cl)s1. The molecule has 0 spiro atoms. The number of likely N-dealkylation sites (tertiary alicyclic amines) is 1. The summed E-state index contributed by atoms with van der Waals surface area (Å²) < 4.78 is 23.7. The maximum atomic E-state index is 11.5. The zero-order valence-electron chi connectivity index (χ0n) is 14.3. The van der Waals surface area contributed by atoms with Crippen LogP contribution in [0.1, 0.15) is 18.4 Å². The third-order valence-electron chi connectivity index (χ3n) is 5.43. The van der Waals surface area contributed by atoms with Gasteiger partial charge in [0.15, 0.2) is 0 Å². The number of sulfonamides is 1. The molecule has 2 aliphatic rings. The van der Waals surface area contributed by atoms with Gasteiger partial charge in [-0.1, -0.05) is 41.9 Å². The lowest BCUT2D eigenvalue weighted by Crippen LogP contribution is -2.47. The van der Waals surface area contributed by atoms with Crippen LogP contribution in [0.15, 0.2) is 40.6 Å². The van der Waals surface area contributed by atoms with Crippen LogP contribution in [-0.4, -0.2) is 32.4 Å². The van der Waals surface area contributed by atoms with Gasteiger partial charge in [0.25, 0.3) is 0 Å². The summed E-state index contributed by atoms with van der Waals surface area (Å²) >= 11 is 7.26. The van der Waals surface area contributed by atoms with Crippen molar-refractivity contribution < 1.29 is 8.42 Å². The van der Waals surface area contributed by atoms with Gasteiger partial charge >= 0.3 is 0 Å². The second kappa shape index (κ2) is 7.13. The molecule has 26 heavy (non-hydrogen) atoms. The molecule has 0 amide bonds. The van der Waals surface area contributed by atoms with Crippen LogP contribution >= 0.6 is 22.9 Å². The van der Waals surface area contributed by atoms with Crippen molar-refractivity contribution in [2.75, 3.05) is 18.4 Å². The van der Waals surface area contributed by atoms with Crippen molar-refractivity contribution in [2.45, 2.75) is 29.6 Å². The van der Waals surface area contributed by atoms with Gasteiger partial charge in [-0.3, -0.25) is 4.90 Å². The number of nitrogens with zero attached hydrogens (tertiary/aromatic N) is 1. The first-order valence-electron chi connectivity index (χ1n) is 8.75. The summed E-state index contributed by atoms with van der Waals surface area (Å²) in [5.74, 6) is 1.10. The Bertz CT molecular complexity index is 871. The summed E-state index contributed by atoms with van der Waals surface area (Å²) in [6.07, 6.45) is 2.38. The van der Waals surface area contributed by atoms with E-state index in [9.17, 15) is 8.42 Å². The first kappa shape index (κ1) is 18.3. The van der Waals surface area contributed by atoms with Crippen LogP contribution in [0, 0.1) is 11.8 Å². The minimum Gasteiger partial charge on any atom is -0.380 e. The van der Waals surface area contributed by atoms with Crippen molar-refractivity contribution >= 4 is 38.6 Å². The average molecular weight is 412 g/mol. The molecule has 8 heteroatoms. The molecule has 2 aromatic rings. The van der Waals surface area contributed by atoms with Gasteiger partial charge < -0.3 is 5.32 Å². The fourth-order valence-corrected chi connectivity index (χ4v) is 6.37. The van der Waals surface area contributed by atoms with Crippen LogP contribution in [0.2, 0.25) is 4.34 Å². The molecule has 0 unspecified atom stereocenters. The van der Waals surface area contributed by atoms with Crippen molar-refractivity contribution in [3.8, 4) is 0 Å². The maximum Gasteiger partial charge on any atom is 0.247 e. The third kappa shape index (κ3) is 3.77. The first-order chi connectivity index (χ1) is 12.4. The summed E-state index contributed by atoms with van der Waals surface area (Å²) in [7, 11) is -3.71. The van der Waals surface area contributed by atoms with Crippen molar-refractivity contribution in [3.05, 3.63) is 46.3 Å². The zero-order valence-corrected chi connectivity index (χ0v) is 16.7. The molecule has 4 rings (SSSR count). The Hall–Kier alpha value is -1.12. The highest BCUT2D eigenvalue weighted by Gasteiger charge is 2.42. The Morgan fingerprint density at radius 1 is 1.19 bits per heavy atom. The van der Waals surface area contributed by atoms with Gasteiger partial charge in [0.1, 0.15) is 8.55 Å². The number of hydrogen-bond acceptors (Lipinski definition) is 5. The monoisotopic (exact) mass is 411 g/mol. The number of hydrogen-bond donors (Lipinski definition) is 2. The van der Waals surface area contributed by atoms with E-state index in [2.05, 4.69) is 34.5 Å². The van der Waals surface area contributed by atoms with Crippen LogP contribution < -0.4 is 10.5 Å². The highest BCUT2D eigenvalue weighted by atomic mass is 35.5. The Labute approximate surface area is 163 Å². The number of thiophene rings is 1. The predicted octanol–water partition coefficient (Wildman–Crippen LogP) is 3.37. The van der Waals surface area contributed by atoms with Crippen molar-refractivity contribution in [2.24, 2.45) is 17.0 Å². The van der Waals surface area contributed by atoms with Crippen LogP contribution in [0.5, 0.6) is 0 Å². The highest BCUT2D eigenvalue weighted by Crippen LogP contribution is 2.42. The van der Waals surface area contributed by atoms with E-state index >= 15 is 0 Å². The fourth-order valence-electron chi connectivity index (χ4n) is 4.29. The maximum absolute atomic E-state index is 11.5. The Morgan fingerprint density at radius 2 is 1.85 bits per heavy atom. The normalized spacial score (nSPS) is 26.2. The van der Waals surface area contributed by atoms with E-state index in [1.807, 2.05) is 6.07 Å². The predicted molar refractivity (Wildman–Crippen MR) is 106 cm³/mol. The van der Waals surface area contributed by atoms with E-state index in [-0.39, 0.29) is 4.21 Å². The quantitative estimate of drug-likeness (QED) is 0.790. The molecule has 3 N–H and O–H groups in total. The molecular formula is C18H22ClN3O2S2. The molecule has 140 valence electrons. The van der Waals surface area contributed by atoms with Gasteiger partial charge in [0, 0.05) is 25.7 Å².